The minimum Gasteiger partial charge on any atom is -0.383 e. The van der Waals surface area contributed by atoms with E-state index in [1.54, 1.807) is 14.2 Å². The number of carbonyl (C=O) groups excluding carboxylic acids is 1. The zero-order chi connectivity index (χ0) is 11.8. The molecule has 1 saturated heterocycles. The normalized spacial score (nSPS) is 20.0. The summed E-state index contributed by atoms with van der Waals surface area (Å²) in [5, 5.41) is 3.21. The van der Waals surface area contributed by atoms with Crippen LogP contribution in [-0.2, 0) is 14.3 Å². The molecule has 0 aromatic heterocycles. The van der Waals surface area contributed by atoms with E-state index < -0.39 is 0 Å². The van der Waals surface area contributed by atoms with E-state index in [9.17, 15) is 4.79 Å². The molecule has 0 aromatic rings. The second kappa shape index (κ2) is 7.60. The van der Waals surface area contributed by atoms with Crippen molar-refractivity contribution in [3.63, 3.8) is 0 Å². The molecule has 5 nitrogen and oxygen atoms in total. The van der Waals surface area contributed by atoms with Crippen LogP contribution < -0.4 is 5.32 Å². The second-order valence-electron chi connectivity index (χ2n) is 4.00. The fourth-order valence-electron chi connectivity index (χ4n) is 1.86. The Hall–Kier alpha value is -0.650. The lowest BCUT2D eigenvalue weighted by atomic mass is 10.1. The van der Waals surface area contributed by atoms with Gasteiger partial charge in [-0.15, -0.1) is 0 Å². The zero-order valence-corrected chi connectivity index (χ0v) is 10.2. The second-order valence-corrected chi connectivity index (χ2v) is 4.00. The van der Waals surface area contributed by atoms with Gasteiger partial charge in [-0.25, -0.2) is 0 Å². The Balaban J connectivity index is 2.41. The van der Waals surface area contributed by atoms with Gasteiger partial charge < -0.3 is 19.7 Å². The molecule has 0 bridgehead atoms. The molecule has 1 aliphatic heterocycles. The Morgan fingerprint density at radius 3 is 2.38 bits per heavy atom. The highest BCUT2D eigenvalue weighted by atomic mass is 16.5. The van der Waals surface area contributed by atoms with Crippen LogP contribution in [0.1, 0.15) is 6.42 Å². The molecule has 0 aromatic carbocycles. The summed E-state index contributed by atoms with van der Waals surface area (Å²) in [7, 11) is 3.30. The quantitative estimate of drug-likeness (QED) is 0.653. The van der Waals surface area contributed by atoms with Gasteiger partial charge in [-0.2, -0.15) is 0 Å². The van der Waals surface area contributed by atoms with Gasteiger partial charge in [-0.1, -0.05) is 0 Å². The average Bonchev–Trinajstić information content (AvgIpc) is 2.82. The van der Waals surface area contributed by atoms with Gasteiger partial charge >= 0.3 is 0 Å². The molecule has 1 atom stereocenters. The predicted molar refractivity (Wildman–Crippen MR) is 61.3 cm³/mol. The van der Waals surface area contributed by atoms with Crippen molar-refractivity contribution < 1.29 is 14.3 Å². The Kier molecular flexibility index (Phi) is 6.37. The van der Waals surface area contributed by atoms with Crippen molar-refractivity contribution in [1.29, 1.82) is 0 Å². The minimum absolute atomic E-state index is 0.133. The van der Waals surface area contributed by atoms with E-state index in [2.05, 4.69) is 5.32 Å². The molecule has 0 radical (unpaired) electrons. The molecule has 1 fully saturated rings. The van der Waals surface area contributed by atoms with Crippen molar-refractivity contribution in [3.8, 4) is 0 Å². The molecule has 5 heteroatoms. The Morgan fingerprint density at radius 1 is 1.31 bits per heavy atom. The molecule has 1 aliphatic rings. The van der Waals surface area contributed by atoms with Gasteiger partial charge in [0.05, 0.1) is 19.1 Å². The van der Waals surface area contributed by atoms with Gasteiger partial charge in [0.25, 0.3) is 0 Å². The third-order valence-corrected chi connectivity index (χ3v) is 2.85. The average molecular weight is 230 g/mol. The monoisotopic (exact) mass is 230 g/mol. The fourth-order valence-corrected chi connectivity index (χ4v) is 1.86. The number of carbonyl (C=O) groups is 1. The van der Waals surface area contributed by atoms with Crippen molar-refractivity contribution in [2.45, 2.75) is 6.42 Å². The summed E-state index contributed by atoms with van der Waals surface area (Å²) in [6, 6.07) is 0. The first-order valence-corrected chi connectivity index (χ1v) is 5.77. The summed E-state index contributed by atoms with van der Waals surface area (Å²) in [6.45, 7) is 4.20. The first kappa shape index (κ1) is 13.4. The minimum atomic E-state index is 0.133. The topological polar surface area (TPSA) is 50.8 Å². The van der Waals surface area contributed by atoms with Gasteiger partial charge in [-0.05, 0) is 13.0 Å². The molecule has 0 unspecified atom stereocenters. The maximum Gasteiger partial charge on any atom is 0.227 e. The number of methoxy groups -OCH3 is 2. The first-order chi connectivity index (χ1) is 7.79. The maximum atomic E-state index is 12.1. The van der Waals surface area contributed by atoms with Crippen LogP contribution in [0.3, 0.4) is 0 Å². The SMILES string of the molecule is COCCN(CCOC)C(=O)[C@H]1CCNC1. The van der Waals surface area contributed by atoms with Crippen LogP contribution in [0.4, 0.5) is 0 Å². The lowest BCUT2D eigenvalue weighted by molar-refractivity contribution is -0.136. The van der Waals surface area contributed by atoms with Crippen LogP contribution in [0.5, 0.6) is 0 Å². The summed E-state index contributed by atoms with van der Waals surface area (Å²) in [5.74, 6) is 0.354. The number of ether oxygens (including phenoxy) is 2. The molecule has 1 N–H and O–H groups in total. The Bertz CT molecular complexity index is 197. The maximum absolute atomic E-state index is 12.1. The standard InChI is InChI=1S/C11H22N2O3/c1-15-7-5-13(6-8-16-2)11(14)10-3-4-12-9-10/h10,12H,3-9H2,1-2H3/t10-/m0/s1. The number of nitrogens with zero attached hydrogens (tertiary/aromatic N) is 1. The van der Waals surface area contributed by atoms with E-state index in [-0.39, 0.29) is 11.8 Å². The molecule has 16 heavy (non-hydrogen) atoms. The number of rotatable bonds is 7. The number of hydrogen-bond donors (Lipinski definition) is 1. The van der Waals surface area contributed by atoms with Crippen molar-refractivity contribution >= 4 is 5.91 Å². The predicted octanol–water partition coefficient (Wildman–Crippen LogP) is -0.283. The third kappa shape index (κ3) is 4.08. The highest BCUT2D eigenvalue weighted by Gasteiger charge is 2.26. The molecule has 0 aliphatic carbocycles. The van der Waals surface area contributed by atoms with E-state index in [0.717, 1.165) is 19.5 Å². The molecular formula is C11H22N2O3. The van der Waals surface area contributed by atoms with E-state index in [1.165, 1.54) is 0 Å². The van der Waals surface area contributed by atoms with Crippen LogP contribution in [0, 0.1) is 5.92 Å². The van der Waals surface area contributed by atoms with E-state index >= 15 is 0 Å². The van der Waals surface area contributed by atoms with Crippen LogP contribution in [-0.4, -0.2) is 64.4 Å². The molecule has 0 saturated carbocycles. The highest BCUT2D eigenvalue weighted by molar-refractivity contribution is 5.79. The lowest BCUT2D eigenvalue weighted by Gasteiger charge is -2.24. The van der Waals surface area contributed by atoms with E-state index in [1.807, 2.05) is 4.90 Å². The summed E-state index contributed by atoms with van der Waals surface area (Å²) in [6.07, 6.45) is 0.940. The number of nitrogens with one attached hydrogen (secondary N) is 1. The molecule has 0 spiro atoms. The van der Waals surface area contributed by atoms with Gasteiger partial charge in [0.1, 0.15) is 0 Å². The number of hydrogen-bond acceptors (Lipinski definition) is 4. The molecule has 1 amide bonds. The van der Waals surface area contributed by atoms with Crippen LogP contribution in [0.25, 0.3) is 0 Å². The smallest absolute Gasteiger partial charge is 0.227 e. The van der Waals surface area contributed by atoms with Crippen LogP contribution >= 0.6 is 0 Å². The molecule has 1 rings (SSSR count). The van der Waals surface area contributed by atoms with Gasteiger partial charge in [0.15, 0.2) is 0 Å². The molecule has 94 valence electrons. The molecule has 1 heterocycles. The molecular weight excluding hydrogens is 208 g/mol. The van der Waals surface area contributed by atoms with Crippen molar-refractivity contribution in [1.82, 2.24) is 10.2 Å². The van der Waals surface area contributed by atoms with Crippen molar-refractivity contribution in [2.75, 3.05) is 53.6 Å². The summed E-state index contributed by atoms with van der Waals surface area (Å²) >= 11 is 0. The van der Waals surface area contributed by atoms with Gasteiger partial charge in [0.2, 0.25) is 5.91 Å². The van der Waals surface area contributed by atoms with Gasteiger partial charge in [-0.3, -0.25) is 4.79 Å². The Morgan fingerprint density at radius 2 is 1.94 bits per heavy atom. The lowest BCUT2D eigenvalue weighted by Crippen LogP contribution is -2.41. The number of amides is 1. The van der Waals surface area contributed by atoms with Gasteiger partial charge in [0, 0.05) is 33.9 Å². The highest BCUT2D eigenvalue weighted by Crippen LogP contribution is 2.11. The van der Waals surface area contributed by atoms with Crippen LogP contribution in [0.15, 0.2) is 0 Å². The van der Waals surface area contributed by atoms with Crippen molar-refractivity contribution in [3.05, 3.63) is 0 Å². The van der Waals surface area contributed by atoms with Crippen LogP contribution in [0.2, 0.25) is 0 Å². The van der Waals surface area contributed by atoms with E-state index in [4.69, 9.17) is 9.47 Å². The van der Waals surface area contributed by atoms with Crippen molar-refractivity contribution in [2.24, 2.45) is 5.92 Å². The summed E-state index contributed by atoms with van der Waals surface area (Å²) in [4.78, 5) is 14.0. The summed E-state index contributed by atoms with van der Waals surface area (Å²) < 4.78 is 10.0. The summed E-state index contributed by atoms with van der Waals surface area (Å²) in [5.41, 5.74) is 0. The Labute approximate surface area is 97.1 Å². The fraction of sp³-hybridized carbons (Fsp3) is 0.909. The third-order valence-electron chi connectivity index (χ3n) is 2.85. The zero-order valence-electron chi connectivity index (χ0n) is 10.2. The first-order valence-electron chi connectivity index (χ1n) is 5.77. The van der Waals surface area contributed by atoms with E-state index in [0.29, 0.717) is 26.3 Å². The largest absolute Gasteiger partial charge is 0.383 e.